The van der Waals surface area contributed by atoms with Gasteiger partial charge < -0.3 is 0 Å². The highest BCUT2D eigenvalue weighted by Gasteiger charge is 2.13. The summed E-state index contributed by atoms with van der Waals surface area (Å²) in [5.74, 6) is 0.115. The molecule has 2 rings (SSSR count). The number of fused-ring (bicyclic) bond motifs is 1. The van der Waals surface area contributed by atoms with Gasteiger partial charge in [0, 0.05) is 6.42 Å². The van der Waals surface area contributed by atoms with Crippen molar-refractivity contribution in [1.29, 1.82) is 5.26 Å². The molecule has 0 unspecified atom stereocenters. The lowest BCUT2D eigenvalue weighted by molar-refractivity contribution is 0.593. The standard InChI is InChI=1S/C15H15NO2S/c16-10-3-4-11-19(17,18)12-14-8-5-7-13-6-1-2-9-15(13)14/h1-2,5-9H,3-4,11-12H2. The fraction of sp³-hybridized carbons (Fsp3) is 0.267. The predicted molar refractivity (Wildman–Crippen MR) is 76.3 cm³/mol. The average molecular weight is 273 g/mol. The molecule has 0 aliphatic carbocycles. The molecule has 0 saturated heterocycles. The van der Waals surface area contributed by atoms with Crippen LogP contribution in [0.3, 0.4) is 0 Å². The van der Waals surface area contributed by atoms with Crippen LogP contribution < -0.4 is 0 Å². The molecule has 0 aliphatic heterocycles. The molecule has 0 heterocycles. The number of nitrogens with zero attached hydrogens (tertiary/aromatic N) is 1. The monoisotopic (exact) mass is 273 g/mol. The van der Waals surface area contributed by atoms with Crippen LogP contribution in [0, 0.1) is 11.3 Å². The summed E-state index contributed by atoms with van der Waals surface area (Å²) in [6.45, 7) is 0. The van der Waals surface area contributed by atoms with Crippen molar-refractivity contribution >= 4 is 20.6 Å². The van der Waals surface area contributed by atoms with Crippen molar-refractivity contribution in [2.75, 3.05) is 5.75 Å². The van der Waals surface area contributed by atoms with E-state index in [4.69, 9.17) is 5.26 Å². The molecule has 0 aromatic heterocycles. The van der Waals surface area contributed by atoms with Crippen molar-refractivity contribution in [3.05, 3.63) is 48.0 Å². The van der Waals surface area contributed by atoms with Gasteiger partial charge in [0.2, 0.25) is 0 Å². The molecule has 98 valence electrons. The Morgan fingerprint density at radius 2 is 1.79 bits per heavy atom. The first-order chi connectivity index (χ1) is 9.12. The van der Waals surface area contributed by atoms with Crippen molar-refractivity contribution < 1.29 is 8.42 Å². The van der Waals surface area contributed by atoms with Crippen molar-refractivity contribution in [3.63, 3.8) is 0 Å². The number of hydrogen-bond acceptors (Lipinski definition) is 3. The van der Waals surface area contributed by atoms with Gasteiger partial charge in [0.25, 0.3) is 0 Å². The topological polar surface area (TPSA) is 57.9 Å². The molecule has 4 heteroatoms. The van der Waals surface area contributed by atoms with Crippen molar-refractivity contribution in [2.45, 2.75) is 18.6 Å². The minimum Gasteiger partial charge on any atom is -0.228 e. The average Bonchev–Trinajstić information content (AvgIpc) is 2.39. The Balaban J connectivity index is 2.24. The minimum atomic E-state index is -3.15. The summed E-state index contributed by atoms with van der Waals surface area (Å²) in [6, 6.07) is 15.4. The molecule has 0 aliphatic rings. The van der Waals surface area contributed by atoms with E-state index in [1.807, 2.05) is 48.5 Å². The summed E-state index contributed by atoms with van der Waals surface area (Å²) in [6.07, 6.45) is 0.693. The third kappa shape index (κ3) is 3.55. The van der Waals surface area contributed by atoms with E-state index >= 15 is 0 Å². The molecule has 0 amide bonds. The second kappa shape index (κ2) is 5.85. The first-order valence-corrected chi connectivity index (χ1v) is 7.98. The number of unbranched alkanes of at least 4 members (excludes halogenated alkanes) is 1. The van der Waals surface area contributed by atoms with Crippen LogP contribution in [0.1, 0.15) is 18.4 Å². The van der Waals surface area contributed by atoms with E-state index in [1.54, 1.807) is 0 Å². The van der Waals surface area contributed by atoms with Crippen LogP contribution in [0.2, 0.25) is 0 Å². The Labute approximate surface area is 113 Å². The zero-order chi connectivity index (χ0) is 13.7. The third-order valence-corrected chi connectivity index (χ3v) is 4.66. The first-order valence-electron chi connectivity index (χ1n) is 6.16. The van der Waals surface area contributed by atoms with Gasteiger partial charge in [0.15, 0.2) is 9.84 Å². The zero-order valence-corrected chi connectivity index (χ0v) is 11.4. The number of hydrogen-bond donors (Lipinski definition) is 0. The lowest BCUT2D eigenvalue weighted by Crippen LogP contribution is -2.09. The van der Waals surface area contributed by atoms with Gasteiger partial charge in [-0.2, -0.15) is 5.26 Å². The molecule has 0 radical (unpaired) electrons. The molecule has 0 bridgehead atoms. The molecule has 2 aromatic carbocycles. The molecule has 0 fully saturated rings. The molecule has 19 heavy (non-hydrogen) atoms. The highest BCUT2D eigenvalue weighted by Crippen LogP contribution is 2.20. The molecule has 0 atom stereocenters. The predicted octanol–water partition coefficient (Wildman–Crippen LogP) is 3.06. The Bertz CT molecular complexity index is 709. The van der Waals surface area contributed by atoms with E-state index in [0.717, 1.165) is 16.3 Å². The highest BCUT2D eigenvalue weighted by molar-refractivity contribution is 7.90. The fourth-order valence-electron chi connectivity index (χ4n) is 2.10. The second-order valence-corrected chi connectivity index (χ2v) is 6.68. The minimum absolute atomic E-state index is 0.0415. The first kappa shape index (κ1) is 13.6. The van der Waals surface area contributed by atoms with E-state index in [9.17, 15) is 8.42 Å². The Kier molecular flexibility index (Phi) is 4.18. The quantitative estimate of drug-likeness (QED) is 0.787. The summed E-state index contributed by atoms with van der Waals surface area (Å²) < 4.78 is 24.0. The Hall–Kier alpha value is -1.86. The largest absolute Gasteiger partial charge is 0.228 e. The van der Waals surface area contributed by atoms with Crippen LogP contribution in [-0.4, -0.2) is 14.2 Å². The highest BCUT2D eigenvalue weighted by atomic mass is 32.2. The summed E-state index contributed by atoms with van der Waals surface area (Å²) >= 11 is 0. The van der Waals surface area contributed by atoms with E-state index in [1.165, 1.54) is 0 Å². The van der Waals surface area contributed by atoms with Crippen LogP contribution in [0.25, 0.3) is 10.8 Å². The molecule has 0 N–H and O–H groups in total. The van der Waals surface area contributed by atoms with Gasteiger partial charge in [0.05, 0.1) is 17.6 Å². The molecule has 0 saturated carbocycles. The van der Waals surface area contributed by atoms with Gasteiger partial charge in [-0.25, -0.2) is 8.42 Å². The van der Waals surface area contributed by atoms with Crippen LogP contribution in [-0.2, 0) is 15.6 Å². The van der Waals surface area contributed by atoms with Gasteiger partial charge >= 0.3 is 0 Å². The maximum Gasteiger partial charge on any atom is 0.154 e. The number of rotatable bonds is 5. The molecule has 0 spiro atoms. The lowest BCUT2D eigenvalue weighted by Gasteiger charge is -2.07. The van der Waals surface area contributed by atoms with Gasteiger partial charge in [0.1, 0.15) is 0 Å². The number of benzene rings is 2. The van der Waals surface area contributed by atoms with E-state index < -0.39 is 9.84 Å². The maximum atomic E-state index is 12.0. The molecular weight excluding hydrogens is 258 g/mol. The number of nitriles is 1. The van der Waals surface area contributed by atoms with E-state index in [0.29, 0.717) is 6.42 Å². The normalized spacial score (nSPS) is 11.3. The summed E-state index contributed by atoms with van der Waals surface area (Å²) in [5.41, 5.74) is 0.829. The zero-order valence-electron chi connectivity index (χ0n) is 10.5. The van der Waals surface area contributed by atoms with E-state index in [-0.39, 0.29) is 17.9 Å². The van der Waals surface area contributed by atoms with E-state index in [2.05, 4.69) is 0 Å². The Morgan fingerprint density at radius 3 is 2.58 bits per heavy atom. The van der Waals surface area contributed by atoms with Crippen molar-refractivity contribution in [3.8, 4) is 6.07 Å². The van der Waals surface area contributed by atoms with Gasteiger partial charge in [-0.1, -0.05) is 42.5 Å². The summed E-state index contributed by atoms with van der Waals surface area (Å²) in [5, 5.41) is 10.5. The van der Waals surface area contributed by atoms with Crippen LogP contribution in [0.15, 0.2) is 42.5 Å². The van der Waals surface area contributed by atoms with Gasteiger partial charge in [-0.3, -0.25) is 0 Å². The SMILES string of the molecule is N#CCCCS(=O)(=O)Cc1cccc2ccccc12. The molecule has 3 nitrogen and oxygen atoms in total. The van der Waals surface area contributed by atoms with Gasteiger partial charge in [-0.05, 0) is 22.8 Å². The molecule has 2 aromatic rings. The summed E-state index contributed by atoms with van der Waals surface area (Å²) in [7, 11) is -3.15. The van der Waals surface area contributed by atoms with Crippen LogP contribution in [0.4, 0.5) is 0 Å². The second-order valence-electron chi connectivity index (χ2n) is 4.49. The fourth-order valence-corrected chi connectivity index (χ4v) is 3.55. The molecular formula is C15H15NO2S. The number of sulfone groups is 1. The third-order valence-electron chi connectivity index (χ3n) is 3.00. The lowest BCUT2D eigenvalue weighted by atomic mass is 10.1. The Morgan fingerprint density at radius 1 is 1.05 bits per heavy atom. The maximum absolute atomic E-state index is 12.0. The van der Waals surface area contributed by atoms with Crippen LogP contribution >= 0.6 is 0 Å². The smallest absolute Gasteiger partial charge is 0.154 e. The van der Waals surface area contributed by atoms with Gasteiger partial charge in [-0.15, -0.1) is 0 Å². The van der Waals surface area contributed by atoms with Crippen molar-refractivity contribution in [2.24, 2.45) is 0 Å². The van der Waals surface area contributed by atoms with Crippen LogP contribution in [0.5, 0.6) is 0 Å². The van der Waals surface area contributed by atoms with Crippen molar-refractivity contribution in [1.82, 2.24) is 0 Å². The summed E-state index contributed by atoms with van der Waals surface area (Å²) in [4.78, 5) is 0.